The van der Waals surface area contributed by atoms with Gasteiger partial charge >= 0.3 is 0 Å². The van der Waals surface area contributed by atoms with E-state index < -0.39 is 10.0 Å². The predicted octanol–water partition coefficient (Wildman–Crippen LogP) is 1.22. The van der Waals surface area contributed by atoms with Gasteiger partial charge in [0.05, 0.1) is 12.3 Å². The molecule has 0 saturated carbocycles. The SMILES string of the molecule is CC(C)COCCNS(=O)(=O)c1ccccc1N. The Morgan fingerprint density at radius 2 is 2.00 bits per heavy atom. The Morgan fingerprint density at radius 1 is 1.33 bits per heavy atom. The summed E-state index contributed by atoms with van der Waals surface area (Å²) in [4.78, 5) is 0.105. The highest BCUT2D eigenvalue weighted by Gasteiger charge is 2.15. The summed E-state index contributed by atoms with van der Waals surface area (Å²) < 4.78 is 31.6. The third-order valence-corrected chi connectivity index (χ3v) is 3.73. The van der Waals surface area contributed by atoms with Crippen molar-refractivity contribution >= 4 is 15.7 Å². The summed E-state index contributed by atoms with van der Waals surface area (Å²) in [7, 11) is -3.55. The maximum absolute atomic E-state index is 11.9. The van der Waals surface area contributed by atoms with E-state index in [0.29, 0.717) is 19.1 Å². The summed E-state index contributed by atoms with van der Waals surface area (Å²) in [6.45, 7) is 5.28. The van der Waals surface area contributed by atoms with Crippen LogP contribution >= 0.6 is 0 Å². The second kappa shape index (κ2) is 6.72. The maximum atomic E-state index is 11.9. The molecule has 0 aliphatic heterocycles. The second-order valence-electron chi connectivity index (χ2n) is 4.40. The molecule has 0 aliphatic carbocycles. The van der Waals surface area contributed by atoms with Crippen molar-refractivity contribution in [3.63, 3.8) is 0 Å². The van der Waals surface area contributed by atoms with Crippen LogP contribution in [0.5, 0.6) is 0 Å². The molecular weight excluding hydrogens is 252 g/mol. The van der Waals surface area contributed by atoms with Crippen molar-refractivity contribution in [2.75, 3.05) is 25.5 Å². The molecule has 0 radical (unpaired) electrons. The van der Waals surface area contributed by atoms with Crippen molar-refractivity contribution < 1.29 is 13.2 Å². The molecule has 5 nitrogen and oxygen atoms in total. The second-order valence-corrected chi connectivity index (χ2v) is 6.14. The summed E-state index contributed by atoms with van der Waals surface area (Å²) in [6.07, 6.45) is 0. The van der Waals surface area contributed by atoms with Crippen molar-refractivity contribution in [2.45, 2.75) is 18.7 Å². The van der Waals surface area contributed by atoms with Gasteiger partial charge in [0.15, 0.2) is 0 Å². The largest absolute Gasteiger partial charge is 0.398 e. The van der Waals surface area contributed by atoms with Crippen LogP contribution in [0.2, 0.25) is 0 Å². The van der Waals surface area contributed by atoms with E-state index in [0.717, 1.165) is 0 Å². The average molecular weight is 272 g/mol. The molecule has 0 aromatic heterocycles. The minimum atomic E-state index is -3.55. The number of sulfonamides is 1. The lowest BCUT2D eigenvalue weighted by Crippen LogP contribution is -2.28. The van der Waals surface area contributed by atoms with Gasteiger partial charge in [-0.1, -0.05) is 26.0 Å². The van der Waals surface area contributed by atoms with Gasteiger partial charge in [-0.05, 0) is 18.1 Å². The Bertz CT molecular complexity index is 472. The van der Waals surface area contributed by atoms with Crippen LogP contribution in [0.15, 0.2) is 29.2 Å². The fourth-order valence-corrected chi connectivity index (χ4v) is 2.51. The van der Waals surface area contributed by atoms with Gasteiger partial charge in [-0.25, -0.2) is 13.1 Å². The van der Waals surface area contributed by atoms with E-state index in [2.05, 4.69) is 4.72 Å². The number of rotatable bonds is 7. The van der Waals surface area contributed by atoms with Gasteiger partial charge in [-0.15, -0.1) is 0 Å². The fourth-order valence-electron chi connectivity index (χ4n) is 1.37. The predicted molar refractivity (Wildman–Crippen MR) is 71.7 cm³/mol. The highest BCUT2D eigenvalue weighted by molar-refractivity contribution is 7.89. The number of nitrogen functional groups attached to an aromatic ring is 1. The number of hydrogen-bond acceptors (Lipinski definition) is 4. The zero-order chi connectivity index (χ0) is 13.6. The van der Waals surface area contributed by atoms with Crippen LogP contribution in [0.3, 0.4) is 0 Å². The van der Waals surface area contributed by atoms with Crippen molar-refractivity contribution in [2.24, 2.45) is 5.92 Å². The molecule has 0 fully saturated rings. The van der Waals surface area contributed by atoms with Crippen molar-refractivity contribution in [1.82, 2.24) is 4.72 Å². The van der Waals surface area contributed by atoms with E-state index in [1.165, 1.54) is 6.07 Å². The molecule has 1 aromatic carbocycles. The van der Waals surface area contributed by atoms with Crippen LogP contribution in [0, 0.1) is 5.92 Å². The highest BCUT2D eigenvalue weighted by Crippen LogP contribution is 2.16. The van der Waals surface area contributed by atoms with Gasteiger partial charge in [-0.2, -0.15) is 0 Å². The standard InChI is InChI=1S/C12H20N2O3S/c1-10(2)9-17-8-7-14-18(15,16)12-6-4-3-5-11(12)13/h3-6,10,14H,7-9,13H2,1-2H3. The molecule has 0 amide bonds. The van der Waals surface area contributed by atoms with Crippen LogP contribution in [0.4, 0.5) is 5.69 Å². The minimum Gasteiger partial charge on any atom is -0.398 e. The topological polar surface area (TPSA) is 81.4 Å². The van der Waals surface area contributed by atoms with E-state index >= 15 is 0 Å². The van der Waals surface area contributed by atoms with Crippen LogP contribution in [-0.2, 0) is 14.8 Å². The Kier molecular flexibility index (Phi) is 5.58. The van der Waals surface area contributed by atoms with Crippen LogP contribution in [0.1, 0.15) is 13.8 Å². The number of nitrogens with two attached hydrogens (primary N) is 1. The van der Waals surface area contributed by atoms with E-state index in [1.54, 1.807) is 18.2 Å². The molecule has 0 spiro atoms. The Hall–Kier alpha value is -1.11. The molecule has 0 atom stereocenters. The third kappa shape index (κ3) is 4.64. The van der Waals surface area contributed by atoms with Crippen molar-refractivity contribution in [3.8, 4) is 0 Å². The molecule has 0 heterocycles. The van der Waals surface area contributed by atoms with Crippen LogP contribution in [-0.4, -0.2) is 28.2 Å². The quantitative estimate of drug-likeness (QED) is 0.577. The molecular formula is C12H20N2O3S. The zero-order valence-corrected chi connectivity index (χ0v) is 11.5. The lowest BCUT2D eigenvalue weighted by atomic mass is 10.2. The van der Waals surface area contributed by atoms with E-state index in [9.17, 15) is 8.42 Å². The maximum Gasteiger partial charge on any atom is 0.242 e. The number of para-hydroxylation sites is 1. The highest BCUT2D eigenvalue weighted by atomic mass is 32.2. The minimum absolute atomic E-state index is 0.105. The Balaban J connectivity index is 2.49. The summed E-state index contributed by atoms with van der Waals surface area (Å²) >= 11 is 0. The van der Waals surface area contributed by atoms with Crippen molar-refractivity contribution in [3.05, 3.63) is 24.3 Å². The molecule has 1 rings (SSSR count). The van der Waals surface area contributed by atoms with Crippen LogP contribution in [0.25, 0.3) is 0 Å². The molecule has 18 heavy (non-hydrogen) atoms. The van der Waals surface area contributed by atoms with E-state index in [-0.39, 0.29) is 17.1 Å². The third-order valence-electron chi connectivity index (χ3n) is 2.20. The fraction of sp³-hybridized carbons (Fsp3) is 0.500. The van der Waals surface area contributed by atoms with Crippen molar-refractivity contribution in [1.29, 1.82) is 0 Å². The van der Waals surface area contributed by atoms with Gasteiger partial charge in [-0.3, -0.25) is 0 Å². The van der Waals surface area contributed by atoms with Gasteiger partial charge in [0, 0.05) is 13.2 Å². The number of ether oxygens (including phenoxy) is 1. The van der Waals surface area contributed by atoms with Gasteiger partial charge in [0.2, 0.25) is 10.0 Å². The van der Waals surface area contributed by atoms with Gasteiger partial charge in [0.1, 0.15) is 4.90 Å². The molecule has 0 saturated heterocycles. The number of hydrogen-bond donors (Lipinski definition) is 2. The molecule has 0 aliphatic rings. The Morgan fingerprint density at radius 3 is 2.61 bits per heavy atom. The lowest BCUT2D eigenvalue weighted by molar-refractivity contribution is 0.114. The summed E-state index contributed by atoms with van der Waals surface area (Å²) in [5.41, 5.74) is 5.87. The number of benzene rings is 1. The summed E-state index contributed by atoms with van der Waals surface area (Å²) in [5.74, 6) is 0.436. The first kappa shape index (κ1) is 14.9. The molecule has 3 N–H and O–H groups in total. The van der Waals surface area contributed by atoms with Crippen LogP contribution < -0.4 is 10.5 Å². The average Bonchev–Trinajstić information content (AvgIpc) is 2.28. The number of nitrogens with one attached hydrogen (secondary N) is 1. The molecule has 1 aromatic rings. The smallest absolute Gasteiger partial charge is 0.242 e. The van der Waals surface area contributed by atoms with Gasteiger partial charge < -0.3 is 10.5 Å². The van der Waals surface area contributed by atoms with E-state index in [4.69, 9.17) is 10.5 Å². The first-order valence-electron chi connectivity index (χ1n) is 5.85. The Labute approximate surface area is 108 Å². The first-order chi connectivity index (χ1) is 8.43. The first-order valence-corrected chi connectivity index (χ1v) is 7.33. The van der Waals surface area contributed by atoms with Gasteiger partial charge in [0.25, 0.3) is 0 Å². The normalized spacial score (nSPS) is 11.9. The monoisotopic (exact) mass is 272 g/mol. The summed E-state index contributed by atoms with van der Waals surface area (Å²) in [6, 6.07) is 6.37. The molecule has 102 valence electrons. The summed E-state index contributed by atoms with van der Waals surface area (Å²) in [5, 5.41) is 0. The molecule has 0 unspecified atom stereocenters. The molecule has 0 bridgehead atoms. The van der Waals surface area contributed by atoms with E-state index in [1.807, 2.05) is 13.8 Å². The lowest BCUT2D eigenvalue weighted by Gasteiger charge is -2.10. The molecule has 6 heteroatoms. The zero-order valence-electron chi connectivity index (χ0n) is 10.7. The number of anilines is 1.